The number of aliphatic carboxylic acids is 1. The molecule has 0 aliphatic carbocycles. The van der Waals surface area contributed by atoms with Gasteiger partial charge in [0.2, 0.25) is 5.91 Å². The highest BCUT2D eigenvalue weighted by Crippen LogP contribution is 2.16. The van der Waals surface area contributed by atoms with E-state index < -0.39 is 12.0 Å². The molecule has 6 heteroatoms. The van der Waals surface area contributed by atoms with Crippen LogP contribution >= 0.6 is 0 Å². The maximum Gasteiger partial charge on any atom is 0.328 e. The summed E-state index contributed by atoms with van der Waals surface area (Å²) in [5.74, 6) is -1.82. The van der Waals surface area contributed by atoms with E-state index in [0.717, 1.165) is 0 Å². The van der Waals surface area contributed by atoms with Crippen molar-refractivity contribution < 1.29 is 23.8 Å². The van der Waals surface area contributed by atoms with Gasteiger partial charge in [-0.05, 0) is 30.2 Å². The zero-order valence-electron chi connectivity index (χ0n) is 11.6. The van der Waals surface area contributed by atoms with Gasteiger partial charge in [-0.25, -0.2) is 9.18 Å². The molecule has 5 nitrogen and oxygen atoms in total. The molecule has 1 atom stereocenters. The number of rotatable bonds is 3. The number of amides is 1. The first-order chi connectivity index (χ1) is 9.99. The van der Waals surface area contributed by atoms with Crippen LogP contribution in [0, 0.1) is 5.82 Å². The van der Waals surface area contributed by atoms with Gasteiger partial charge in [0.1, 0.15) is 5.82 Å². The second-order valence-electron chi connectivity index (χ2n) is 4.79. The maximum atomic E-state index is 12.9. The van der Waals surface area contributed by atoms with E-state index in [-0.39, 0.29) is 24.9 Å². The lowest BCUT2D eigenvalue weighted by Gasteiger charge is -2.32. The van der Waals surface area contributed by atoms with Crippen molar-refractivity contribution in [2.45, 2.75) is 13.0 Å². The predicted octanol–water partition coefficient (Wildman–Crippen LogP) is 1.54. The average molecular weight is 293 g/mol. The summed E-state index contributed by atoms with van der Waals surface area (Å²) in [4.78, 5) is 24.6. The lowest BCUT2D eigenvalue weighted by atomic mass is 10.1. The van der Waals surface area contributed by atoms with Gasteiger partial charge < -0.3 is 14.7 Å². The fourth-order valence-electron chi connectivity index (χ4n) is 2.14. The molecule has 0 spiro atoms. The predicted molar refractivity (Wildman–Crippen MR) is 74.0 cm³/mol. The zero-order chi connectivity index (χ0) is 15.4. The number of carbonyl (C=O) groups is 2. The topological polar surface area (TPSA) is 66.8 Å². The molecule has 1 aliphatic rings. The summed E-state index contributed by atoms with van der Waals surface area (Å²) in [5, 5.41) is 9.10. The summed E-state index contributed by atoms with van der Waals surface area (Å²) in [7, 11) is 0. The molecule has 0 saturated carbocycles. The van der Waals surface area contributed by atoms with Gasteiger partial charge in [0.15, 0.2) is 6.04 Å². The van der Waals surface area contributed by atoms with Crippen LogP contribution in [0.15, 0.2) is 30.3 Å². The van der Waals surface area contributed by atoms with Crippen molar-refractivity contribution in [2.75, 3.05) is 19.8 Å². The summed E-state index contributed by atoms with van der Waals surface area (Å²) in [6.07, 6.45) is 1.37. The summed E-state index contributed by atoms with van der Waals surface area (Å²) < 4.78 is 18.0. The highest BCUT2D eigenvalue weighted by molar-refractivity contribution is 5.97. The van der Waals surface area contributed by atoms with Crippen LogP contribution < -0.4 is 0 Å². The summed E-state index contributed by atoms with van der Waals surface area (Å²) in [6.45, 7) is 2.27. The van der Waals surface area contributed by atoms with E-state index in [1.54, 1.807) is 19.1 Å². The fraction of sp³-hybridized carbons (Fsp3) is 0.333. The van der Waals surface area contributed by atoms with Crippen molar-refractivity contribution in [3.05, 3.63) is 41.7 Å². The van der Waals surface area contributed by atoms with Gasteiger partial charge in [0.25, 0.3) is 0 Å². The minimum Gasteiger partial charge on any atom is -0.480 e. The molecule has 1 aromatic carbocycles. The van der Waals surface area contributed by atoms with Crippen molar-refractivity contribution in [1.29, 1.82) is 0 Å². The lowest BCUT2D eigenvalue weighted by molar-refractivity contribution is -0.156. The molecule has 1 unspecified atom stereocenters. The SMILES string of the molecule is C/C(=C\C(=O)N1CCOCC1C(=O)O)c1ccc(F)cc1. The fourth-order valence-corrected chi connectivity index (χ4v) is 2.14. The Morgan fingerprint density at radius 1 is 1.38 bits per heavy atom. The number of allylic oxidation sites excluding steroid dienone is 1. The minimum absolute atomic E-state index is 0.00942. The summed E-state index contributed by atoms with van der Waals surface area (Å²) >= 11 is 0. The normalized spacial score (nSPS) is 19.4. The van der Waals surface area contributed by atoms with Gasteiger partial charge in [-0.15, -0.1) is 0 Å². The van der Waals surface area contributed by atoms with Gasteiger partial charge in [-0.1, -0.05) is 12.1 Å². The Morgan fingerprint density at radius 2 is 2.05 bits per heavy atom. The second-order valence-corrected chi connectivity index (χ2v) is 4.79. The summed E-state index contributed by atoms with van der Waals surface area (Å²) in [5.41, 5.74) is 1.36. The van der Waals surface area contributed by atoms with Crippen LogP contribution in [0.5, 0.6) is 0 Å². The van der Waals surface area contributed by atoms with E-state index in [4.69, 9.17) is 9.84 Å². The third kappa shape index (κ3) is 3.66. The third-order valence-corrected chi connectivity index (χ3v) is 3.34. The van der Waals surface area contributed by atoms with Gasteiger partial charge in [0, 0.05) is 12.6 Å². The smallest absolute Gasteiger partial charge is 0.328 e. The molecule has 1 saturated heterocycles. The van der Waals surface area contributed by atoms with E-state index in [2.05, 4.69) is 0 Å². The quantitative estimate of drug-likeness (QED) is 0.859. The molecule has 112 valence electrons. The first-order valence-corrected chi connectivity index (χ1v) is 6.54. The number of hydrogen-bond donors (Lipinski definition) is 1. The third-order valence-electron chi connectivity index (χ3n) is 3.34. The largest absolute Gasteiger partial charge is 0.480 e. The Hall–Kier alpha value is -2.21. The number of carboxylic acids is 1. The monoisotopic (exact) mass is 293 g/mol. The molecule has 2 rings (SSSR count). The molecule has 0 bridgehead atoms. The van der Waals surface area contributed by atoms with Crippen LogP contribution in [-0.2, 0) is 14.3 Å². The molecule has 1 fully saturated rings. The maximum absolute atomic E-state index is 12.9. The number of carbonyl (C=O) groups excluding carboxylic acids is 1. The minimum atomic E-state index is -1.09. The Balaban J connectivity index is 2.16. The number of halogens is 1. The molecule has 0 radical (unpaired) electrons. The highest BCUT2D eigenvalue weighted by Gasteiger charge is 2.31. The van der Waals surface area contributed by atoms with Gasteiger partial charge in [-0.2, -0.15) is 0 Å². The Labute approximate surface area is 121 Å². The standard InChI is InChI=1S/C15H16FNO4/c1-10(11-2-4-12(16)5-3-11)8-14(18)17-6-7-21-9-13(17)15(19)20/h2-5,8,13H,6-7,9H2,1H3,(H,19,20)/b10-8+. The van der Waals surface area contributed by atoms with Crippen molar-refractivity contribution in [2.24, 2.45) is 0 Å². The first kappa shape index (κ1) is 15.2. The molecule has 1 aromatic rings. The van der Waals surface area contributed by atoms with Crippen LogP contribution in [0.3, 0.4) is 0 Å². The molecule has 0 aromatic heterocycles. The Bertz CT molecular complexity index is 568. The van der Waals surface area contributed by atoms with Crippen molar-refractivity contribution >= 4 is 17.4 Å². The average Bonchev–Trinajstić information content (AvgIpc) is 2.47. The molecular weight excluding hydrogens is 277 g/mol. The molecule has 1 heterocycles. The second kappa shape index (κ2) is 6.49. The number of carboxylic acid groups (broad SMARTS) is 1. The Morgan fingerprint density at radius 3 is 2.67 bits per heavy atom. The van der Waals surface area contributed by atoms with E-state index in [1.807, 2.05) is 0 Å². The van der Waals surface area contributed by atoms with Crippen molar-refractivity contribution in [1.82, 2.24) is 4.90 Å². The number of benzene rings is 1. The van der Waals surface area contributed by atoms with Crippen LogP contribution in [0.4, 0.5) is 4.39 Å². The lowest BCUT2D eigenvalue weighted by Crippen LogP contribution is -2.52. The number of ether oxygens (including phenoxy) is 1. The first-order valence-electron chi connectivity index (χ1n) is 6.54. The van der Waals surface area contributed by atoms with Gasteiger partial charge >= 0.3 is 5.97 Å². The van der Waals surface area contributed by atoms with Crippen molar-refractivity contribution in [3.63, 3.8) is 0 Å². The molecule has 1 amide bonds. The molecule has 1 N–H and O–H groups in total. The van der Waals surface area contributed by atoms with Gasteiger partial charge in [0.05, 0.1) is 13.2 Å². The number of hydrogen-bond acceptors (Lipinski definition) is 3. The Kier molecular flexibility index (Phi) is 4.70. The molecular formula is C15H16FNO4. The van der Waals surface area contributed by atoms with Gasteiger partial charge in [-0.3, -0.25) is 4.79 Å². The van der Waals surface area contributed by atoms with E-state index in [1.165, 1.54) is 23.1 Å². The van der Waals surface area contributed by atoms with Crippen LogP contribution in [0.1, 0.15) is 12.5 Å². The number of nitrogens with zero attached hydrogens (tertiary/aromatic N) is 1. The van der Waals surface area contributed by atoms with Crippen molar-refractivity contribution in [3.8, 4) is 0 Å². The highest BCUT2D eigenvalue weighted by atomic mass is 19.1. The molecule has 1 aliphatic heterocycles. The van der Waals surface area contributed by atoms with E-state index >= 15 is 0 Å². The van der Waals surface area contributed by atoms with Crippen LogP contribution in [-0.4, -0.2) is 47.7 Å². The summed E-state index contributed by atoms with van der Waals surface area (Å²) in [6, 6.07) is 4.80. The van der Waals surface area contributed by atoms with Crippen LogP contribution in [0.25, 0.3) is 5.57 Å². The van der Waals surface area contributed by atoms with Crippen LogP contribution in [0.2, 0.25) is 0 Å². The molecule has 21 heavy (non-hydrogen) atoms. The van der Waals surface area contributed by atoms with E-state index in [0.29, 0.717) is 17.7 Å². The number of morpholine rings is 1. The van der Waals surface area contributed by atoms with E-state index in [9.17, 15) is 14.0 Å². The zero-order valence-corrected chi connectivity index (χ0v) is 11.6.